The van der Waals surface area contributed by atoms with Gasteiger partial charge in [0.2, 0.25) is 5.78 Å². The Morgan fingerprint density at radius 1 is 1.38 bits per heavy atom. The minimum atomic E-state index is -0.227. The van der Waals surface area contributed by atoms with Gasteiger partial charge in [-0.3, -0.25) is 4.79 Å². The van der Waals surface area contributed by atoms with E-state index in [9.17, 15) is 4.79 Å². The van der Waals surface area contributed by atoms with Gasteiger partial charge in [-0.2, -0.15) is 0 Å². The van der Waals surface area contributed by atoms with Crippen molar-refractivity contribution < 1.29 is 4.79 Å². The number of aryl methyl sites for hydroxylation is 1. The molecule has 1 fully saturated rings. The molecule has 0 bridgehead atoms. The van der Waals surface area contributed by atoms with Crippen molar-refractivity contribution in [2.45, 2.75) is 39.2 Å². The van der Waals surface area contributed by atoms with Gasteiger partial charge in [-0.1, -0.05) is 30.1 Å². The van der Waals surface area contributed by atoms with Gasteiger partial charge in [0.05, 0.1) is 29.3 Å². The first-order valence-electron chi connectivity index (χ1n) is 9.71. The minimum Gasteiger partial charge on any atom is -0.342 e. The summed E-state index contributed by atoms with van der Waals surface area (Å²) in [4.78, 5) is 28.4. The number of hydrogen-bond acceptors (Lipinski definition) is 5. The highest BCUT2D eigenvalue weighted by molar-refractivity contribution is 7.16. The molecule has 0 saturated heterocycles. The van der Waals surface area contributed by atoms with Crippen LogP contribution in [0.15, 0.2) is 30.7 Å². The van der Waals surface area contributed by atoms with E-state index in [-0.39, 0.29) is 11.8 Å². The van der Waals surface area contributed by atoms with E-state index in [0.29, 0.717) is 21.7 Å². The van der Waals surface area contributed by atoms with Gasteiger partial charge < -0.3 is 9.88 Å². The standard InChI is InChI=1S/C21H22Cl2N4OS/c1-3-8-27(19(13-4-5-13)20(28)17-10-24-11-25-17)21-26-18(12(2)29-21)15-7-6-14(22)9-16(15)23/h6-7,9-11,13,19H,3-5,8H2,1-2H3,(H,24,25). The first-order valence-corrected chi connectivity index (χ1v) is 11.3. The number of nitrogens with one attached hydrogen (secondary N) is 1. The van der Waals surface area contributed by atoms with Crippen molar-refractivity contribution in [1.29, 1.82) is 0 Å². The van der Waals surface area contributed by atoms with Gasteiger partial charge in [-0.25, -0.2) is 9.97 Å². The fourth-order valence-corrected chi connectivity index (χ4v) is 5.09. The number of benzene rings is 1. The number of nitrogens with zero attached hydrogens (tertiary/aromatic N) is 3. The maximum Gasteiger partial charge on any atom is 0.203 e. The molecule has 1 saturated carbocycles. The van der Waals surface area contributed by atoms with Crippen LogP contribution in [0.25, 0.3) is 11.3 Å². The second-order valence-electron chi connectivity index (χ2n) is 7.33. The summed E-state index contributed by atoms with van der Waals surface area (Å²) in [7, 11) is 0. The lowest BCUT2D eigenvalue weighted by Gasteiger charge is -2.30. The van der Waals surface area contributed by atoms with Crippen molar-refractivity contribution in [3.8, 4) is 11.3 Å². The molecule has 1 aromatic carbocycles. The average Bonchev–Trinajstić information content (AvgIpc) is 3.22. The molecule has 1 aliphatic rings. The highest BCUT2D eigenvalue weighted by Gasteiger charge is 2.42. The topological polar surface area (TPSA) is 61.9 Å². The molecule has 5 nitrogen and oxygen atoms in total. The molecule has 4 rings (SSSR count). The van der Waals surface area contributed by atoms with Crippen molar-refractivity contribution in [3.05, 3.63) is 51.3 Å². The third-order valence-corrected chi connectivity index (χ3v) is 6.67. The number of carbonyl (C=O) groups excluding carboxylic acids is 1. The van der Waals surface area contributed by atoms with E-state index in [1.54, 1.807) is 29.9 Å². The smallest absolute Gasteiger partial charge is 0.203 e. The summed E-state index contributed by atoms with van der Waals surface area (Å²) in [6.07, 6.45) is 6.20. The maximum atomic E-state index is 13.3. The normalized spacial score (nSPS) is 14.8. The number of imidazole rings is 1. The molecule has 152 valence electrons. The van der Waals surface area contributed by atoms with Crippen LogP contribution in [0.4, 0.5) is 5.13 Å². The molecule has 2 heterocycles. The van der Waals surface area contributed by atoms with Gasteiger partial charge in [0.25, 0.3) is 0 Å². The average molecular weight is 449 g/mol. The second-order valence-corrected chi connectivity index (χ2v) is 9.36. The molecule has 0 amide bonds. The van der Waals surface area contributed by atoms with E-state index >= 15 is 0 Å². The second kappa shape index (κ2) is 8.46. The summed E-state index contributed by atoms with van der Waals surface area (Å²) in [6, 6.07) is 5.22. The van der Waals surface area contributed by atoms with E-state index < -0.39 is 0 Å². The SMILES string of the molecule is CCCN(c1nc(-c2ccc(Cl)cc2Cl)c(C)s1)C(C(=O)c1cnc[nH]1)C1CC1. The molecule has 29 heavy (non-hydrogen) atoms. The largest absolute Gasteiger partial charge is 0.342 e. The van der Waals surface area contributed by atoms with Gasteiger partial charge in [0, 0.05) is 22.0 Å². The van der Waals surface area contributed by atoms with Crippen LogP contribution in [0.1, 0.15) is 41.6 Å². The zero-order chi connectivity index (χ0) is 20.5. The number of thiazole rings is 1. The van der Waals surface area contributed by atoms with Crippen molar-refractivity contribution in [3.63, 3.8) is 0 Å². The molecule has 1 unspecified atom stereocenters. The van der Waals surface area contributed by atoms with Gasteiger partial charge in [0.15, 0.2) is 5.13 Å². The summed E-state index contributed by atoms with van der Waals surface area (Å²) in [5.41, 5.74) is 2.25. The van der Waals surface area contributed by atoms with Crippen molar-refractivity contribution in [2.75, 3.05) is 11.4 Å². The Hall–Kier alpha value is -1.89. The van der Waals surface area contributed by atoms with E-state index in [1.165, 1.54) is 0 Å². The number of anilines is 1. The number of halogens is 2. The lowest BCUT2D eigenvalue weighted by molar-refractivity contribution is 0.0942. The lowest BCUT2D eigenvalue weighted by Crippen LogP contribution is -2.43. The number of aromatic amines is 1. The van der Waals surface area contributed by atoms with Gasteiger partial charge in [0.1, 0.15) is 5.69 Å². The Morgan fingerprint density at radius 3 is 2.79 bits per heavy atom. The van der Waals surface area contributed by atoms with Crippen LogP contribution in [0, 0.1) is 12.8 Å². The Labute approximate surface area is 184 Å². The molecule has 1 aliphatic carbocycles. The highest BCUT2D eigenvalue weighted by Crippen LogP contribution is 2.42. The third kappa shape index (κ3) is 4.20. The number of carbonyl (C=O) groups is 1. The molecule has 0 spiro atoms. The predicted molar refractivity (Wildman–Crippen MR) is 119 cm³/mol. The predicted octanol–water partition coefficient (Wildman–Crippen LogP) is 6.03. The summed E-state index contributed by atoms with van der Waals surface area (Å²) in [6.45, 7) is 4.92. The van der Waals surface area contributed by atoms with Crippen LogP contribution >= 0.6 is 34.5 Å². The van der Waals surface area contributed by atoms with Crippen LogP contribution in [-0.2, 0) is 0 Å². The zero-order valence-electron chi connectivity index (χ0n) is 16.3. The molecule has 1 atom stereocenters. The van der Waals surface area contributed by atoms with E-state index in [2.05, 4.69) is 21.8 Å². The van der Waals surface area contributed by atoms with Crippen LogP contribution < -0.4 is 4.90 Å². The van der Waals surface area contributed by atoms with Crippen LogP contribution in [0.5, 0.6) is 0 Å². The number of hydrogen-bond donors (Lipinski definition) is 1. The number of H-pyrrole nitrogens is 1. The number of ketones is 1. The highest BCUT2D eigenvalue weighted by atomic mass is 35.5. The lowest BCUT2D eigenvalue weighted by atomic mass is 10.0. The Bertz CT molecular complexity index is 1010. The number of rotatable bonds is 8. The van der Waals surface area contributed by atoms with Gasteiger partial charge in [-0.05, 0) is 50.3 Å². The Balaban J connectivity index is 1.72. The maximum absolute atomic E-state index is 13.3. The molecule has 8 heteroatoms. The van der Waals surface area contributed by atoms with E-state index in [1.807, 2.05) is 19.1 Å². The van der Waals surface area contributed by atoms with Crippen LogP contribution in [0.2, 0.25) is 10.0 Å². The summed E-state index contributed by atoms with van der Waals surface area (Å²) in [5, 5.41) is 2.03. The molecular weight excluding hydrogens is 427 g/mol. The Kier molecular flexibility index (Phi) is 5.95. The van der Waals surface area contributed by atoms with Crippen LogP contribution in [0.3, 0.4) is 0 Å². The van der Waals surface area contributed by atoms with Crippen molar-refractivity contribution >= 4 is 45.5 Å². The molecule has 2 aromatic heterocycles. The van der Waals surface area contributed by atoms with Gasteiger partial charge in [-0.15, -0.1) is 11.3 Å². The fourth-order valence-electron chi connectivity index (χ4n) is 3.60. The van der Waals surface area contributed by atoms with Crippen molar-refractivity contribution in [1.82, 2.24) is 15.0 Å². The quantitative estimate of drug-likeness (QED) is 0.427. The molecule has 3 aromatic rings. The minimum absolute atomic E-state index is 0.0809. The van der Waals surface area contributed by atoms with Crippen molar-refractivity contribution in [2.24, 2.45) is 5.92 Å². The third-order valence-electron chi connectivity index (χ3n) is 5.12. The molecule has 1 N–H and O–H groups in total. The summed E-state index contributed by atoms with van der Waals surface area (Å²) in [5.74, 6) is 0.432. The summed E-state index contributed by atoms with van der Waals surface area (Å²) >= 11 is 14.1. The van der Waals surface area contributed by atoms with Gasteiger partial charge >= 0.3 is 0 Å². The molecule has 0 aliphatic heterocycles. The number of Topliss-reactive ketones (excluding diaryl/α,β-unsaturated/α-hetero) is 1. The first-order chi connectivity index (χ1) is 14.0. The molecule has 0 radical (unpaired) electrons. The first kappa shape index (κ1) is 20.4. The Morgan fingerprint density at radius 2 is 2.17 bits per heavy atom. The fraction of sp³-hybridized carbons (Fsp3) is 0.381. The van der Waals surface area contributed by atoms with Crippen LogP contribution in [-0.4, -0.2) is 33.3 Å². The monoisotopic (exact) mass is 448 g/mol. The van der Waals surface area contributed by atoms with E-state index in [4.69, 9.17) is 28.2 Å². The molecular formula is C21H22Cl2N4OS. The number of aromatic nitrogens is 3. The summed E-state index contributed by atoms with van der Waals surface area (Å²) < 4.78 is 0. The van der Waals surface area contributed by atoms with E-state index in [0.717, 1.165) is 47.1 Å². The zero-order valence-corrected chi connectivity index (χ0v) is 18.6.